The molecule has 0 aromatic heterocycles. The Morgan fingerprint density at radius 3 is 2.67 bits per heavy atom. The van der Waals surface area contributed by atoms with Crippen LogP contribution in [-0.4, -0.2) is 50.0 Å². The summed E-state index contributed by atoms with van der Waals surface area (Å²) in [4.78, 5) is 10.3. The van der Waals surface area contributed by atoms with Gasteiger partial charge in [-0.3, -0.25) is 0 Å². The summed E-state index contributed by atoms with van der Waals surface area (Å²) in [5.74, 6) is -2.23. The number of nitrogens with one attached hydrogen (secondary N) is 1. The van der Waals surface area contributed by atoms with Crippen molar-refractivity contribution in [1.82, 2.24) is 9.62 Å². The number of hydrogen-bond donors (Lipinski definition) is 2. The minimum Gasteiger partial charge on any atom is -0.478 e. The molecule has 0 radical (unpaired) electrons. The van der Waals surface area contributed by atoms with Gasteiger partial charge in [0.05, 0.1) is 5.56 Å². The molecule has 0 spiro atoms. The standard InChI is InChI=1S/C12H15FN2O4S.ClH/c13-10-3-2-9(12(16)17)8-11(10)20(18,19)15-6-1-4-14-5-7-15;/h2-3,8,14H,1,4-7H2,(H,16,17);1H. The molecular weight excluding hydrogens is 323 g/mol. The Hall–Kier alpha value is -1.22. The van der Waals surface area contributed by atoms with E-state index in [1.807, 2.05) is 0 Å². The molecule has 6 nitrogen and oxygen atoms in total. The van der Waals surface area contributed by atoms with Crippen LogP contribution in [0.2, 0.25) is 0 Å². The molecule has 0 aliphatic carbocycles. The van der Waals surface area contributed by atoms with Crippen molar-refractivity contribution in [2.75, 3.05) is 26.2 Å². The number of carboxylic acids is 1. The second-order valence-electron chi connectivity index (χ2n) is 4.46. The third-order valence-corrected chi connectivity index (χ3v) is 5.01. The van der Waals surface area contributed by atoms with Gasteiger partial charge in [0.1, 0.15) is 10.7 Å². The number of benzene rings is 1. The zero-order valence-electron chi connectivity index (χ0n) is 11.1. The molecule has 0 saturated carbocycles. The highest BCUT2D eigenvalue weighted by atomic mass is 35.5. The first-order chi connectivity index (χ1) is 9.43. The summed E-state index contributed by atoms with van der Waals surface area (Å²) in [6, 6.07) is 2.78. The Balaban J connectivity index is 0.00000220. The molecule has 1 aromatic rings. The summed E-state index contributed by atoms with van der Waals surface area (Å²) in [6.07, 6.45) is 0.624. The Bertz CT molecular complexity index is 616. The summed E-state index contributed by atoms with van der Waals surface area (Å²) in [7, 11) is -4.02. The molecule has 2 N–H and O–H groups in total. The lowest BCUT2D eigenvalue weighted by Gasteiger charge is -2.20. The van der Waals surface area contributed by atoms with Crippen molar-refractivity contribution in [3.05, 3.63) is 29.6 Å². The van der Waals surface area contributed by atoms with Crippen LogP contribution in [0.3, 0.4) is 0 Å². The predicted octanol–water partition coefficient (Wildman–Crippen LogP) is 0.930. The van der Waals surface area contributed by atoms with E-state index in [4.69, 9.17) is 5.11 Å². The van der Waals surface area contributed by atoms with Crippen LogP contribution in [0.1, 0.15) is 16.8 Å². The Labute approximate surface area is 128 Å². The van der Waals surface area contributed by atoms with Crippen LogP contribution in [0.5, 0.6) is 0 Å². The van der Waals surface area contributed by atoms with Gasteiger partial charge < -0.3 is 10.4 Å². The lowest BCUT2D eigenvalue weighted by molar-refractivity contribution is 0.0696. The monoisotopic (exact) mass is 338 g/mol. The molecule has 1 saturated heterocycles. The topological polar surface area (TPSA) is 86.7 Å². The average Bonchev–Trinajstić information content (AvgIpc) is 2.68. The zero-order valence-corrected chi connectivity index (χ0v) is 12.7. The van der Waals surface area contributed by atoms with Gasteiger partial charge in [-0.25, -0.2) is 17.6 Å². The number of rotatable bonds is 3. The molecule has 1 aliphatic rings. The van der Waals surface area contributed by atoms with Crippen LogP contribution in [0.4, 0.5) is 4.39 Å². The van der Waals surface area contributed by atoms with Crippen LogP contribution in [0.15, 0.2) is 23.1 Å². The van der Waals surface area contributed by atoms with E-state index in [1.54, 1.807) is 0 Å². The molecule has 2 rings (SSSR count). The second-order valence-corrected chi connectivity index (χ2v) is 6.36. The summed E-state index contributed by atoms with van der Waals surface area (Å²) in [5.41, 5.74) is -0.252. The Kier molecular flexibility index (Phi) is 6.09. The van der Waals surface area contributed by atoms with Crippen molar-refractivity contribution in [1.29, 1.82) is 0 Å². The molecule has 1 heterocycles. The zero-order chi connectivity index (χ0) is 14.8. The maximum Gasteiger partial charge on any atom is 0.335 e. The first-order valence-electron chi connectivity index (χ1n) is 6.16. The molecule has 21 heavy (non-hydrogen) atoms. The number of halogens is 2. The second kappa shape index (κ2) is 7.17. The third-order valence-electron chi connectivity index (χ3n) is 3.10. The van der Waals surface area contributed by atoms with Gasteiger partial charge in [0.25, 0.3) is 0 Å². The van der Waals surface area contributed by atoms with Gasteiger partial charge in [0.2, 0.25) is 10.0 Å². The van der Waals surface area contributed by atoms with Crippen LogP contribution in [0.25, 0.3) is 0 Å². The number of aromatic carboxylic acids is 1. The van der Waals surface area contributed by atoms with E-state index in [-0.39, 0.29) is 31.1 Å². The smallest absolute Gasteiger partial charge is 0.335 e. The van der Waals surface area contributed by atoms with E-state index in [9.17, 15) is 17.6 Å². The summed E-state index contributed by atoms with van der Waals surface area (Å²) >= 11 is 0. The van der Waals surface area contributed by atoms with E-state index in [0.29, 0.717) is 19.5 Å². The molecule has 0 unspecified atom stereocenters. The SMILES string of the molecule is Cl.O=C(O)c1ccc(F)c(S(=O)(=O)N2CCCNCC2)c1. The predicted molar refractivity (Wildman–Crippen MR) is 76.9 cm³/mol. The summed E-state index contributed by atoms with van der Waals surface area (Å²) < 4.78 is 39.8. The average molecular weight is 339 g/mol. The van der Waals surface area contributed by atoms with Gasteiger partial charge in [-0.05, 0) is 31.2 Å². The van der Waals surface area contributed by atoms with Crippen molar-refractivity contribution in [3.8, 4) is 0 Å². The molecule has 0 atom stereocenters. The summed E-state index contributed by atoms with van der Waals surface area (Å²) in [6.45, 7) is 1.70. The fraction of sp³-hybridized carbons (Fsp3) is 0.417. The first kappa shape index (κ1) is 17.8. The number of sulfonamides is 1. The molecule has 9 heteroatoms. The number of nitrogens with zero attached hydrogens (tertiary/aromatic N) is 1. The van der Waals surface area contributed by atoms with Gasteiger partial charge >= 0.3 is 5.97 Å². The van der Waals surface area contributed by atoms with Crippen LogP contribution >= 0.6 is 12.4 Å². The Morgan fingerprint density at radius 1 is 1.29 bits per heavy atom. The normalized spacial score (nSPS) is 16.8. The largest absolute Gasteiger partial charge is 0.478 e. The van der Waals surface area contributed by atoms with E-state index in [1.165, 1.54) is 4.31 Å². The van der Waals surface area contributed by atoms with E-state index in [2.05, 4.69) is 5.32 Å². The number of carboxylic acid groups (broad SMARTS) is 1. The maximum absolute atomic E-state index is 13.8. The van der Waals surface area contributed by atoms with Gasteiger partial charge in [-0.15, -0.1) is 12.4 Å². The highest BCUT2D eigenvalue weighted by molar-refractivity contribution is 7.89. The minimum absolute atomic E-state index is 0. The van der Waals surface area contributed by atoms with E-state index < -0.39 is 26.7 Å². The molecule has 118 valence electrons. The maximum atomic E-state index is 13.8. The molecule has 1 fully saturated rings. The van der Waals surface area contributed by atoms with Gasteiger partial charge in [0.15, 0.2) is 0 Å². The van der Waals surface area contributed by atoms with Crippen molar-refractivity contribution in [2.45, 2.75) is 11.3 Å². The lowest BCUT2D eigenvalue weighted by Crippen LogP contribution is -2.34. The van der Waals surface area contributed by atoms with Crippen molar-refractivity contribution in [3.63, 3.8) is 0 Å². The van der Waals surface area contributed by atoms with Crippen LogP contribution in [0, 0.1) is 5.82 Å². The molecule has 1 aliphatic heterocycles. The molecule has 0 amide bonds. The van der Waals surface area contributed by atoms with Gasteiger partial charge in [0, 0.05) is 19.6 Å². The Morgan fingerprint density at radius 2 is 2.00 bits per heavy atom. The van der Waals surface area contributed by atoms with Crippen molar-refractivity contribution >= 4 is 28.4 Å². The van der Waals surface area contributed by atoms with E-state index in [0.717, 1.165) is 18.2 Å². The van der Waals surface area contributed by atoms with Gasteiger partial charge in [-0.2, -0.15) is 4.31 Å². The molecular formula is C12H16ClFN2O4S. The number of hydrogen-bond acceptors (Lipinski definition) is 4. The van der Waals surface area contributed by atoms with E-state index >= 15 is 0 Å². The fourth-order valence-electron chi connectivity index (χ4n) is 2.03. The third kappa shape index (κ3) is 3.91. The number of carbonyl (C=O) groups is 1. The quantitative estimate of drug-likeness (QED) is 0.856. The lowest BCUT2D eigenvalue weighted by atomic mass is 10.2. The van der Waals surface area contributed by atoms with Gasteiger partial charge in [-0.1, -0.05) is 0 Å². The minimum atomic E-state index is -4.02. The highest BCUT2D eigenvalue weighted by Gasteiger charge is 2.28. The van der Waals surface area contributed by atoms with Crippen molar-refractivity contribution < 1.29 is 22.7 Å². The van der Waals surface area contributed by atoms with Crippen LogP contribution in [-0.2, 0) is 10.0 Å². The fourth-order valence-corrected chi connectivity index (χ4v) is 3.60. The highest BCUT2D eigenvalue weighted by Crippen LogP contribution is 2.21. The van der Waals surface area contributed by atoms with Crippen molar-refractivity contribution in [2.24, 2.45) is 0 Å². The molecule has 0 bridgehead atoms. The summed E-state index contributed by atoms with van der Waals surface area (Å²) in [5, 5.41) is 11.9. The molecule has 1 aromatic carbocycles. The van der Waals surface area contributed by atoms with Crippen LogP contribution < -0.4 is 5.32 Å². The first-order valence-corrected chi connectivity index (χ1v) is 7.60.